The van der Waals surface area contributed by atoms with Crippen LogP contribution in [0.4, 0.5) is 5.69 Å². The Morgan fingerprint density at radius 2 is 2.21 bits per heavy atom. The summed E-state index contributed by atoms with van der Waals surface area (Å²) in [4.78, 5) is 6.52. The molecule has 0 saturated heterocycles. The van der Waals surface area contributed by atoms with Gasteiger partial charge < -0.3 is 15.2 Å². The summed E-state index contributed by atoms with van der Waals surface area (Å²) in [5.41, 5.74) is 9.61. The van der Waals surface area contributed by atoms with E-state index in [-0.39, 0.29) is 6.04 Å². The molecule has 2 N–H and O–H groups in total. The van der Waals surface area contributed by atoms with Crippen molar-refractivity contribution in [2.45, 2.75) is 19.9 Å². The van der Waals surface area contributed by atoms with Crippen molar-refractivity contribution in [1.29, 1.82) is 0 Å². The van der Waals surface area contributed by atoms with Gasteiger partial charge >= 0.3 is 0 Å². The summed E-state index contributed by atoms with van der Waals surface area (Å²) in [5, 5.41) is 0. The lowest BCUT2D eigenvalue weighted by Gasteiger charge is -2.32. The number of nitrogens with two attached hydrogens (primary N) is 1. The van der Waals surface area contributed by atoms with Crippen molar-refractivity contribution in [3.8, 4) is 0 Å². The molecule has 0 aliphatic rings. The highest BCUT2D eigenvalue weighted by atomic mass is 15.2. The first-order chi connectivity index (χ1) is 9.17. The Labute approximate surface area is 114 Å². The van der Waals surface area contributed by atoms with Crippen molar-refractivity contribution in [3.63, 3.8) is 0 Å². The van der Waals surface area contributed by atoms with E-state index in [1.54, 1.807) is 0 Å². The van der Waals surface area contributed by atoms with Crippen molar-refractivity contribution in [2.24, 2.45) is 12.8 Å². The maximum Gasteiger partial charge on any atom is 0.0946 e. The molecule has 2 aromatic rings. The minimum Gasteiger partial charge on any atom is -0.362 e. The van der Waals surface area contributed by atoms with Crippen LogP contribution < -0.4 is 10.6 Å². The molecule has 2 rings (SSSR count). The van der Waals surface area contributed by atoms with Gasteiger partial charge in [-0.3, -0.25) is 0 Å². The van der Waals surface area contributed by atoms with Gasteiger partial charge in [0.25, 0.3) is 0 Å². The fraction of sp³-hybridized carbons (Fsp3) is 0.400. The van der Waals surface area contributed by atoms with E-state index in [2.05, 4.69) is 48.0 Å². The summed E-state index contributed by atoms with van der Waals surface area (Å²) >= 11 is 0. The normalized spacial score (nSPS) is 12.4. The molecule has 1 heterocycles. The van der Waals surface area contributed by atoms with E-state index in [1.807, 2.05) is 24.1 Å². The highest BCUT2D eigenvalue weighted by Crippen LogP contribution is 2.26. The summed E-state index contributed by atoms with van der Waals surface area (Å²) in [7, 11) is 2.01. The Kier molecular flexibility index (Phi) is 4.22. The maximum absolute atomic E-state index is 6.00. The molecule has 1 atom stereocenters. The molecule has 0 fully saturated rings. The lowest BCUT2D eigenvalue weighted by atomic mass is 10.1. The number of aryl methyl sites for hydroxylation is 2. The van der Waals surface area contributed by atoms with Gasteiger partial charge in [0.05, 0.1) is 24.3 Å². The predicted molar refractivity (Wildman–Crippen MR) is 79.2 cm³/mol. The highest BCUT2D eigenvalue weighted by molar-refractivity contribution is 5.50. The molecule has 0 bridgehead atoms. The Balaban J connectivity index is 2.37. The standard InChI is InChI=1S/C15H22N4/c1-4-19(13-7-5-6-12(2)8-13)14(9-16)15-10-17-11-18(15)3/h5-8,10-11,14H,4,9,16H2,1-3H3. The molecule has 1 unspecified atom stereocenters. The van der Waals surface area contributed by atoms with Crippen molar-refractivity contribution in [1.82, 2.24) is 9.55 Å². The maximum atomic E-state index is 6.00. The molecule has 0 aliphatic carbocycles. The number of hydrogen-bond acceptors (Lipinski definition) is 3. The van der Waals surface area contributed by atoms with Gasteiger partial charge in [-0.1, -0.05) is 12.1 Å². The zero-order chi connectivity index (χ0) is 13.8. The van der Waals surface area contributed by atoms with E-state index in [0.29, 0.717) is 6.54 Å². The molecular weight excluding hydrogens is 236 g/mol. The van der Waals surface area contributed by atoms with Gasteiger partial charge in [0.2, 0.25) is 0 Å². The van der Waals surface area contributed by atoms with Crippen LogP contribution in [0, 0.1) is 6.92 Å². The Bertz CT molecular complexity index is 532. The quantitative estimate of drug-likeness (QED) is 0.895. The number of rotatable bonds is 5. The van der Waals surface area contributed by atoms with Gasteiger partial charge in [0.1, 0.15) is 0 Å². The third-order valence-electron chi connectivity index (χ3n) is 3.47. The topological polar surface area (TPSA) is 47.1 Å². The monoisotopic (exact) mass is 258 g/mol. The van der Waals surface area contributed by atoms with Crippen LogP contribution in [0.3, 0.4) is 0 Å². The summed E-state index contributed by atoms with van der Waals surface area (Å²) < 4.78 is 2.04. The number of nitrogens with zero attached hydrogens (tertiary/aromatic N) is 3. The van der Waals surface area contributed by atoms with Crippen LogP contribution in [0.5, 0.6) is 0 Å². The number of likely N-dealkylation sites (N-methyl/N-ethyl adjacent to an activating group) is 1. The molecule has 0 aliphatic heterocycles. The average Bonchev–Trinajstić information content (AvgIpc) is 2.82. The largest absolute Gasteiger partial charge is 0.362 e. The van der Waals surface area contributed by atoms with Gasteiger partial charge in [0.15, 0.2) is 0 Å². The molecule has 1 aromatic heterocycles. The van der Waals surface area contributed by atoms with E-state index in [9.17, 15) is 0 Å². The minimum absolute atomic E-state index is 0.152. The third-order valence-corrected chi connectivity index (χ3v) is 3.47. The molecule has 0 saturated carbocycles. The molecule has 0 spiro atoms. The van der Waals surface area contributed by atoms with Crippen molar-refractivity contribution < 1.29 is 0 Å². The van der Waals surface area contributed by atoms with Crippen LogP contribution in [0.2, 0.25) is 0 Å². The second-order valence-electron chi connectivity index (χ2n) is 4.81. The highest BCUT2D eigenvalue weighted by Gasteiger charge is 2.20. The number of imidazole rings is 1. The van der Waals surface area contributed by atoms with E-state index in [4.69, 9.17) is 5.73 Å². The number of hydrogen-bond donors (Lipinski definition) is 1. The SMILES string of the molecule is CCN(c1cccc(C)c1)C(CN)c1cncn1C. The number of benzene rings is 1. The van der Waals surface area contributed by atoms with Gasteiger partial charge in [-0.05, 0) is 31.5 Å². The average molecular weight is 258 g/mol. The molecule has 19 heavy (non-hydrogen) atoms. The van der Waals surface area contributed by atoms with E-state index in [1.165, 1.54) is 11.3 Å². The first kappa shape index (κ1) is 13.6. The molecule has 0 radical (unpaired) electrons. The Hall–Kier alpha value is -1.81. The fourth-order valence-electron chi connectivity index (χ4n) is 2.49. The lowest BCUT2D eigenvalue weighted by Crippen LogP contribution is -2.34. The van der Waals surface area contributed by atoms with E-state index in [0.717, 1.165) is 12.2 Å². The van der Waals surface area contributed by atoms with E-state index < -0.39 is 0 Å². The van der Waals surface area contributed by atoms with E-state index >= 15 is 0 Å². The van der Waals surface area contributed by atoms with Crippen LogP contribution in [0.25, 0.3) is 0 Å². The molecular formula is C15H22N4. The van der Waals surface area contributed by atoms with Crippen LogP contribution in [0.15, 0.2) is 36.8 Å². The van der Waals surface area contributed by atoms with Crippen LogP contribution in [-0.4, -0.2) is 22.6 Å². The zero-order valence-corrected chi connectivity index (χ0v) is 11.9. The summed E-state index contributed by atoms with van der Waals surface area (Å²) in [5.74, 6) is 0. The second kappa shape index (κ2) is 5.89. The molecule has 1 aromatic carbocycles. The van der Waals surface area contributed by atoms with Crippen molar-refractivity contribution in [3.05, 3.63) is 48.0 Å². The first-order valence-electron chi connectivity index (χ1n) is 6.67. The van der Waals surface area contributed by atoms with Gasteiger partial charge in [-0.2, -0.15) is 0 Å². The second-order valence-corrected chi connectivity index (χ2v) is 4.81. The van der Waals surface area contributed by atoms with Gasteiger partial charge in [-0.25, -0.2) is 4.98 Å². The van der Waals surface area contributed by atoms with Crippen molar-refractivity contribution in [2.75, 3.05) is 18.0 Å². The van der Waals surface area contributed by atoms with Crippen LogP contribution in [-0.2, 0) is 7.05 Å². The minimum atomic E-state index is 0.152. The van der Waals surface area contributed by atoms with Crippen LogP contribution >= 0.6 is 0 Å². The molecule has 0 amide bonds. The summed E-state index contributed by atoms with van der Waals surface area (Å²) in [6.07, 6.45) is 3.72. The Morgan fingerprint density at radius 1 is 1.42 bits per heavy atom. The van der Waals surface area contributed by atoms with Crippen molar-refractivity contribution >= 4 is 5.69 Å². The zero-order valence-electron chi connectivity index (χ0n) is 11.9. The van der Waals surface area contributed by atoms with Crippen LogP contribution in [0.1, 0.15) is 24.2 Å². The molecule has 4 heteroatoms. The summed E-state index contributed by atoms with van der Waals surface area (Å²) in [6.45, 7) is 5.75. The Morgan fingerprint density at radius 3 is 2.74 bits per heavy atom. The molecule has 4 nitrogen and oxygen atoms in total. The van der Waals surface area contributed by atoms with Gasteiger partial charge in [-0.15, -0.1) is 0 Å². The van der Waals surface area contributed by atoms with Gasteiger partial charge in [0, 0.05) is 25.8 Å². The smallest absolute Gasteiger partial charge is 0.0946 e. The molecule has 102 valence electrons. The predicted octanol–water partition coefficient (Wildman–Crippen LogP) is 2.25. The summed E-state index contributed by atoms with van der Waals surface area (Å²) in [6, 6.07) is 8.68. The number of aromatic nitrogens is 2. The lowest BCUT2D eigenvalue weighted by molar-refractivity contribution is 0.602. The fourth-order valence-corrected chi connectivity index (χ4v) is 2.49. The first-order valence-corrected chi connectivity index (χ1v) is 6.67. The number of anilines is 1. The third kappa shape index (κ3) is 2.79.